The van der Waals surface area contributed by atoms with Crippen molar-refractivity contribution in [1.82, 2.24) is 0 Å². The number of aliphatic hydroxyl groups is 1. The molecule has 0 atom stereocenters. The van der Waals surface area contributed by atoms with E-state index in [9.17, 15) is 0 Å². The zero-order valence-corrected chi connectivity index (χ0v) is 7.60. The van der Waals surface area contributed by atoms with Crippen molar-refractivity contribution < 1.29 is 5.11 Å². The van der Waals surface area contributed by atoms with Crippen LogP contribution >= 0.6 is 0 Å². The first-order valence-corrected chi connectivity index (χ1v) is 7.16. The minimum atomic E-state index is -0.502. The second-order valence-electron chi connectivity index (χ2n) is 1.75. The van der Waals surface area contributed by atoms with Gasteiger partial charge >= 0.3 is 55.8 Å². The van der Waals surface area contributed by atoms with Crippen molar-refractivity contribution in [3.63, 3.8) is 0 Å². The molecule has 0 aromatic rings. The normalized spacial score (nSPS) is 10.5. The quantitative estimate of drug-likeness (QED) is 0.647. The molecule has 8 heavy (non-hydrogen) atoms. The molecule has 0 fully saturated rings. The molecule has 0 unspecified atom stereocenters. The van der Waals surface area contributed by atoms with Crippen LogP contribution in [0.4, 0.5) is 0 Å². The van der Waals surface area contributed by atoms with Crippen LogP contribution in [0.15, 0.2) is 0 Å². The Balaban J connectivity index is 3.07. The monoisotopic (exact) mass is 178 g/mol. The zero-order chi connectivity index (χ0) is 6.41. The Morgan fingerprint density at radius 3 is 1.88 bits per heavy atom. The van der Waals surface area contributed by atoms with Crippen LogP contribution in [0.2, 0.25) is 15.6 Å². The first kappa shape index (κ1) is 8.52. The molecule has 0 aliphatic heterocycles. The molecule has 0 radical (unpaired) electrons. The van der Waals surface area contributed by atoms with Gasteiger partial charge < -0.3 is 0 Å². The molecular formula is C6H15AsO. The van der Waals surface area contributed by atoms with Crippen LogP contribution in [-0.4, -0.2) is 26.4 Å². The summed E-state index contributed by atoms with van der Waals surface area (Å²) >= 11 is -0.502. The fraction of sp³-hybridized carbons (Fsp3) is 1.00. The minimum absolute atomic E-state index is 0.418. The van der Waals surface area contributed by atoms with Gasteiger partial charge in [-0.3, -0.25) is 0 Å². The third-order valence-corrected chi connectivity index (χ3v) is 6.81. The van der Waals surface area contributed by atoms with E-state index in [4.69, 9.17) is 5.11 Å². The number of aliphatic hydroxyl groups excluding tert-OH is 1. The van der Waals surface area contributed by atoms with E-state index in [0.717, 1.165) is 5.21 Å². The third-order valence-electron chi connectivity index (χ3n) is 1.31. The van der Waals surface area contributed by atoms with Crippen molar-refractivity contribution in [2.24, 2.45) is 0 Å². The van der Waals surface area contributed by atoms with E-state index in [1.165, 1.54) is 10.4 Å². The van der Waals surface area contributed by atoms with Crippen LogP contribution in [-0.2, 0) is 0 Å². The summed E-state index contributed by atoms with van der Waals surface area (Å²) in [5, 5.41) is 12.4. The molecule has 0 amide bonds. The zero-order valence-electron chi connectivity index (χ0n) is 5.72. The van der Waals surface area contributed by atoms with Crippen molar-refractivity contribution in [2.75, 3.05) is 6.61 Å². The van der Waals surface area contributed by atoms with E-state index >= 15 is 0 Å². The molecule has 0 saturated carbocycles. The standard InChI is InChI=1S/C6H15AsO/c1-3-7(4-2)5-6-8/h8H,3-6H2,1-2H3. The fourth-order valence-electron chi connectivity index (χ4n) is 0.681. The third kappa shape index (κ3) is 3.51. The Morgan fingerprint density at radius 2 is 1.75 bits per heavy atom. The Kier molecular flexibility index (Phi) is 6.02. The Morgan fingerprint density at radius 1 is 1.25 bits per heavy atom. The van der Waals surface area contributed by atoms with Crippen molar-refractivity contribution in [3.05, 3.63) is 0 Å². The summed E-state index contributed by atoms with van der Waals surface area (Å²) in [7, 11) is 0. The molecule has 0 aromatic heterocycles. The molecule has 0 aliphatic carbocycles. The van der Waals surface area contributed by atoms with E-state index in [0.29, 0.717) is 6.61 Å². The Labute approximate surface area is 56.4 Å². The van der Waals surface area contributed by atoms with E-state index < -0.39 is 14.7 Å². The van der Waals surface area contributed by atoms with Gasteiger partial charge in [0.25, 0.3) is 0 Å². The van der Waals surface area contributed by atoms with Gasteiger partial charge in [-0.25, -0.2) is 0 Å². The van der Waals surface area contributed by atoms with Crippen LogP contribution in [0, 0.1) is 0 Å². The van der Waals surface area contributed by atoms with Gasteiger partial charge in [0.15, 0.2) is 0 Å². The molecule has 0 rings (SSSR count). The molecule has 0 aliphatic rings. The van der Waals surface area contributed by atoms with Crippen LogP contribution in [0.5, 0.6) is 0 Å². The predicted molar refractivity (Wildman–Crippen MR) is 38.6 cm³/mol. The van der Waals surface area contributed by atoms with Gasteiger partial charge in [0.1, 0.15) is 0 Å². The van der Waals surface area contributed by atoms with Crippen molar-refractivity contribution in [3.8, 4) is 0 Å². The van der Waals surface area contributed by atoms with Gasteiger partial charge in [0.2, 0.25) is 0 Å². The van der Waals surface area contributed by atoms with Crippen LogP contribution in [0.3, 0.4) is 0 Å². The molecule has 0 bridgehead atoms. The van der Waals surface area contributed by atoms with Gasteiger partial charge in [-0.1, -0.05) is 0 Å². The van der Waals surface area contributed by atoms with E-state index in [-0.39, 0.29) is 0 Å². The van der Waals surface area contributed by atoms with Gasteiger partial charge in [0, 0.05) is 0 Å². The average molecular weight is 178 g/mol. The first-order valence-electron chi connectivity index (χ1n) is 3.18. The molecule has 1 N–H and O–H groups in total. The first-order chi connectivity index (χ1) is 3.85. The molecule has 1 nitrogen and oxygen atoms in total. The second-order valence-corrected chi connectivity index (χ2v) is 8.16. The SMILES string of the molecule is CC[As](CC)CCO. The fourth-order valence-corrected chi connectivity index (χ4v) is 3.54. The maximum absolute atomic E-state index is 8.54. The summed E-state index contributed by atoms with van der Waals surface area (Å²) in [4.78, 5) is 0. The molecule has 0 spiro atoms. The van der Waals surface area contributed by atoms with Crippen LogP contribution in [0.1, 0.15) is 13.8 Å². The van der Waals surface area contributed by atoms with Gasteiger partial charge in [-0.15, -0.1) is 0 Å². The Bertz CT molecular complexity index is 43.8. The second kappa shape index (κ2) is 5.65. The topological polar surface area (TPSA) is 20.2 Å². The van der Waals surface area contributed by atoms with Crippen LogP contribution < -0.4 is 0 Å². The van der Waals surface area contributed by atoms with Crippen molar-refractivity contribution in [1.29, 1.82) is 0 Å². The van der Waals surface area contributed by atoms with E-state index in [1.807, 2.05) is 0 Å². The summed E-state index contributed by atoms with van der Waals surface area (Å²) in [5.41, 5.74) is 0. The summed E-state index contributed by atoms with van der Waals surface area (Å²) in [6.45, 7) is 4.89. The van der Waals surface area contributed by atoms with E-state index in [2.05, 4.69) is 13.8 Å². The van der Waals surface area contributed by atoms with Crippen molar-refractivity contribution in [2.45, 2.75) is 29.5 Å². The molecule has 0 aromatic carbocycles. The average Bonchev–Trinajstić information content (AvgIpc) is 1.83. The molecule has 0 saturated heterocycles. The summed E-state index contributed by atoms with van der Waals surface area (Å²) in [5.74, 6) is 0. The molecule has 50 valence electrons. The molecule has 2 heteroatoms. The number of hydrogen-bond acceptors (Lipinski definition) is 1. The number of hydrogen-bond donors (Lipinski definition) is 1. The summed E-state index contributed by atoms with van der Waals surface area (Å²) in [6.07, 6.45) is 0. The predicted octanol–water partition coefficient (Wildman–Crippen LogP) is 1.51. The van der Waals surface area contributed by atoms with Crippen LogP contribution in [0.25, 0.3) is 0 Å². The van der Waals surface area contributed by atoms with Gasteiger partial charge in [0.05, 0.1) is 0 Å². The molecular weight excluding hydrogens is 163 g/mol. The van der Waals surface area contributed by atoms with Gasteiger partial charge in [-0.2, -0.15) is 0 Å². The van der Waals surface area contributed by atoms with Gasteiger partial charge in [-0.05, 0) is 0 Å². The van der Waals surface area contributed by atoms with E-state index in [1.54, 1.807) is 0 Å². The summed E-state index contributed by atoms with van der Waals surface area (Å²) in [6, 6.07) is 0. The number of rotatable bonds is 4. The Hall–Kier alpha value is 0.518. The molecule has 0 heterocycles. The maximum atomic E-state index is 8.54. The summed E-state index contributed by atoms with van der Waals surface area (Å²) < 4.78 is 0. The van der Waals surface area contributed by atoms with Crippen molar-refractivity contribution >= 4 is 14.7 Å².